The number of alkyl carbamates (subject to hydrolysis) is 1. The molecule has 3 aromatic rings. The number of nitrogens with zero attached hydrogens (tertiary/aromatic N) is 1. The van der Waals surface area contributed by atoms with Gasteiger partial charge < -0.3 is 26.4 Å². The Morgan fingerprint density at radius 1 is 1.03 bits per heavy atom. The van der Waals surface area contributed by atoms with Gasteiger partial charge in [0.2, 0.25) is 0 Å². The van der Waals surface area contributed by atoms with Gasteiger partial charge in [0.15, 0.2) is 0 Å². The van der Waals surface area contributed by atoms with Crippen molar-refractivity contribution < 1.29 is 19.2 Å². The van der Waals surface area contributed by atoms with Crippen LogP contribution in [0.15, 0.2) is 66.7 Å². The maximum absolute atomic E-state index is 13.1. The van der Waals surface area contributed by atoms with Gasteiger partial charge in [-0.3, -0.25) is 14.9 Å². The van der Waals surface area contributed by atoms with E-state index in [1.54, 1.807) is 0 Å². The number of benzene rings is 3. The number of carbonyl (C=O) groups is 2. The molecule has 0 spiro atoms. The molecule has 1 heterocycles. The lowest BCUT2D eigenvalue weighted by atomic mass is 9.98. The molecule has 5 N–H and O–H groups in total. The molecule has 0 aromatic heterocycles. The molecule has 2 amide bonds. The Hall–Kier alpha value is -4.70. The van der Waals surface area contributed by atoms with E-state index < -0.39 is 16.6 Å². The molecule has 0 aliphatic carbocycles. The number of nitro benzene ring substituents is 1. The topological polar surface area (TPSA) is 149 Å². The van der Waals surface area contributed by atoms with Crippen LogP contribution >= 0.6 is 0 Å². The van der Waals surface area contributed by atoms with Crippen molar-refractivity contribution in [3.63, 3.8) is 0 Å². The van der Waals surface area contributed by atoms with Crippen LogP contribution in [-0.2, 0) is 22.5 Å². The van der Waals surface area contributed by atoms with E-state index in [0.717, 1.165) is 22.4 Å². The summed E-state index contributed by atoms with van der Waals surface area (Å²) in [6.45, 7) is 6.22. The number of nitrogens with two attached hydrogens (primary N) is 1. The number of nitro groups is 1. The second-order valence-corrected chi connectivity index (χ2v) is 10.1. The third-order valence-corrected chi connectivity index (χ3v) is 5.99. The zero-order valence-corrected chi connectivity index (χ0v) is 22.0. The average molecular weight is 530 g/mol. The third-order valence-electron chi connectivity index (χ3n) is 5.99. The zero-order valence-electron chi connectivity index (χ0n) is 22.0. The van der Waals surface area contributed by atoms with E-state index >= 15 is 0 Å². The maximum Gasteiger partial charge on any atom is 0.407 e. The number of ether oxygens (including phenoxy) is 1. The van der Waals surface area contributed by atoms with Crippen molar-refractivity contribution in [2.75, 3.05) is 17.2 Å². The van der Waals surface area contributed by atoms with Crippen LogP contribution in [0.1, 0.15) is 43.0 Å². The summed E-state index contributed by atoms with van der Waals surface area (Å²) in [6, 6.07) is 19.4. The zero-order chi connectivity index (χ0) is 28.2. The van der Waals surface area contributed by atoms with Gasteiger partial charge in [-0.1, -0.05) is 36.4 Å². The van der Waals surface area contributed by atoms with Gasteiger partial charge in [0, 0.05) is 42.2 Å². The highest BCUT2D eigenvalue weighted by Gasteiger charge is 2.30. The predicted octanol–water partition coefficient (Wildman–Crippen LogP) is 5.05. The van der Waals surface area contributed by atoms with Gasteiger partial charge in [0.25, 0.3) is 11.6 Å². The number of anilines is 2. The highest BCUT2D eigenvalue weighted by molar-refractivity contribution is 6.37. The fraction of sp³-hybridized carbons (Fsp3) is 0.241. The summed E-state index contributed by atoms with van der Waals surface area (Å²) in [4.78, 5) is 35.9. The molecule has 0 saturated carbocycles. The van der Waals surface area contributed by atoms with E-state index in [0.29, 0.717) is 42.0 Å². The average Bonchev–Trinajstić information content (AvgIpc) is 3.22. The fourth-order valence-electron chi connectivity index (χ4n) is 4.13. The molecule has 1 aliphatic heterocycles. The number of amides is 2. The number of non-ortho nitro benzene ring substituents is 1. The summed E-state index contributed by atoms with van der Waals surface area (Å²) in [6.07, 6.45) is 0.140. The van der Waals surface area contributed by atoms with Crippen molar-refractivity contribution in [2.45, 2.75) is 39.3 Å². The van der Waals surface area contributed by atoms with Crippen molar-refractivity contribution in [1.29, 1.82) is 0 Å². The lowest BCUT2D eigenvalue weighted by molar-refractivity contribution is -0.384. The molecule has 3 aromatic carbocycles. The summed E-state index contributed by atoms with van der Waals surface area (Å²) >= 11 is 0. The van der Waals surface area contributed by atoms with Crippen LogP contribution in [0.4, 0.5) is 21.9 Å². The Kier molecular flexibility index (Phi) is 7.96. The lowest BCUT2D eigenvalue weighted by Gasteiger charge is -2.19. The van der Waals surface area contributed by atoms with E-state index in [-0.39, 0.29) is 11.6 Å². The molecule has 202 valence electrons. The first kappa shape index (κ1) is 27.3. The van der Waals surface area contributed by atoms with Crippen molar-refractivity contribution in [3.05, 3.63) is 99.1 Å². The highest BCUT2D eigenvalue weighted by Crippen LogP contribution is 2.39. The monoisotopic (exact) mass is 529 g/mol. The van der Waals surface area contributed by atoms with Crippen LogP contribution in [0.2, 0.25) is 0 Å². The summed E-state index contributed by atoms with van der Waals surface area (Å²) < 4.78 is 5.26. The van der Waals surface area contributed by atoms with Gasteiger partial charge in [-0.2, -0.15) is 0 Å². The summed E-state index contributed by atoms with van der Waals surface area (Å²) in [7, 11) is 0. The van der Waals surface area contributed by atoms with Gasteiger partial charge in [0.1, 0.15) is 5.60 Å². The predicted molar refractivity (Wildman–Crippen MR) is 151 cm³/mol. The Morgan fingerprint density at radius 2 is 1.69 bits per heavy atom. The molecule has 10 heteroatoms. The molecule has 0 bridgehead atoms. The number of fused-ring (bicyclic) bond motifs is 1. The summed E-state index contributed by atoms with van der Waals surface area (Å²) in [5, 5.41) is 20.3. The van der Waals surface area contributed by atoms with Crippen molar-refractivity contribution in [1.82, 2.24) is 5.32 Å². The van der Waals surface area contributed by atoms with E-state index in [1.807, 2.05) is 69.3 Å². The van der Waals surface area contributed by atoms with Crippen molar-refractivity contribution in [2.24, 2.45) is 5.73 Å². The van der Waals surface area contributed by atoms with Crippen LogP contribution in [0, 0.1) is 10.1 Å². The minimum absolute atomic E-state index is 0.107. The van der Waals surface area contributed by atoms with Crippen LogP contribution in [0.5, 0.6) is 0 Å². The van der Waals surface area contributed by atoms with Crippen LogP contribution < -0.4 is 21.7 Å². The maximum atomic E-state index is 13.1. The van der Waals surface area contributed by atoms with Gasteiger partial charge in [-0.15, -0.1) is 0 Å². The quantitative estimate of drug-likeness (QED) is 0.181. The molecule has 0 saturated heterocycles. The van der Waals surface area contributed by atoms with Gasteiger partial charge in [-0.25, -0.2) is 4.79 Å². The van der Waals surface area contributed by atoms with Gasteiger partial charge in [0.05, 0.1) is 16.2 Å². The summed E-state index contributed by atoms with van der Waals surface area (Å²) in [5.74, 6) is -0.360. The second kappa shape index (κ2) is 11.4. The van der Waals surface area contributed by atoms with E-state index in [2.05, 4.69) is 16.0 Å². The van der Waals surface area contributed by atoms with Gasteiger partial charge in [-0.05, 0) is 62.1 Å². The van der Waals surface area contributed by atoms with Crippen molar-refractivity contribution >= 4 is 40.3 Å². The number of carbonyl (C=O) groups excluding carboxylic acids is 2. The number of hydrogen-bond acceptors (Lipinski definition) is 7. The summed E-state index contributed by atoms with van der Waals surface area (Å²) in [5.41, 5.74) is 10.2. The normalized spacial score (nSPS) is 13.8. The molecule has 0 unspecified atom stereocenters. The number of hydrogen-bond donors (Lipinski definition) is 4. The molecule has 0 radical (unpaired) electrons. The van der Waals surface area contributed by atoms with Gasteiger partial charge >= 0.3 is 6.09 Å². The fourth-order valence-corrected chi connectivity index (χ4v) is 4.13. The molecule has 39 heavy (non-hydrogen) atoms. The first-order valence-corrected chi connectivity index (χ1v) is 12.5. The second-order valence-electron chi connectivity index (χ2n) is 10.1. The van der Waals surface area contributed by atoms with E-state index in [9.17, 15) is 19.7 Å². The Bertz CT molecular complexity index is 1420. The first-order valence-electron chi connectivity index (χ1n) is 12.5. The molecule has 0 atom stereocenters. The Morgan fingerprint density at radius 3 is 2.31 bits per heavy atom. The van der Waals surface area contributed by atoms with E-state index in [1.165, 1.54) is 18.2 Å². The molecular weight excluding hydrogens is 498 g/mol. The standard InChI is InChI=1S/C29H31N5O5/c1-29(2,3)39-28(36)31-15-14-18-6-10-21(11-7-18)32-26(20-8-4-19(17-30)5-9-20)25-23-16-22(34(37)38)12-13-24(23)33-27(25)35/h4-13,16,32H,14-15,17,30H2,1-3H3,(H,31,36)(H,33,35)/b26-25-. The molecule has 10 nitrogen and oxygen atoms in total. The molecule has 0 fully saturated rings. The van der Waals surface area contributed by atoms with E-state index in [4.69, 9.17) is 10.5 Å². The SMILES string of the molecule is CC(C)(C)OC(=O)NCCc1ccc(N/C(=C2\C(=O)Nc3ccc([N+](=O)[O-])cc32)c2ccc(CN)cc2)cc1. The van der Waals surface area contributed by atoms with Crippen LogP contribution in [0.25, 0.3) is 11.3 Å². The van der Waals surface area contributed by atoms with Crippen LogP contribution in [-0.4, -0.2) is 29.1 Å². The highest BCUT2D eigenvalue weighted by atomic mass is 16.6. The third kappa shape index (κ3) is 6.79. The lowest BCUT2D eigenvalue weighted by Crippen LogP contribution is -2.33. The Balaban J connectivity index is 1.61. The molecular formula is C29H31N5O5. The number of rotatable bonds is 8. The minimum Gasteiger partial charge on any atom is -0.444 e. The smallest absolute Gasteiger partial charge is 0.407 e. The van der Waals surface area contributed by atoms with Crippen LogP contribution in [0.3, 0.4) is 0 Å². The van der Waals surface area contributed by atoms with Crippen molar-refractivity contribution in [3.8, 4) is 0 Å². The minimum atomic E-state index is -0.560. The molecule has 1 aliphatic rings. The Labute approximate surface area is 226 Å². The number of nitrogens with one attached hydrogen (secondary N) is 3. The largest absolute Gasteiger partial charge is 0.444 e. The first-order chi connectivity index (χ1) is 18.5. The molecule has 4 rings (SSSR count).